The molecule has 0 aliphatic carbocycles. The highest BCUT2D eigenvalue weighted by atomic mass is 16.1. The van der Waals surface area contributed by atoms with E-state index in [2.05, 4.69) is 30.1 Å². The number of aliphatic imine (C=N–C) groups is 1. The van der Waals surface area contributed by atoms with Crippen molar-refractivity contribution in [3.05, 3.63) is 34.9 Å². The van der Waals surface area contributed by atoms with Crippen molar-refractivity contribution in [2.24, 2.45) is 4.99 Å². The van der Waals surface area contributed by atoms with Crippen molar-refractivity contribution in [1.82, 2.24) is 0 Å². The molecule has 0 spiro atoms. The van der Waals surface area contributed by atoms with E-state index in [1.165, 1.54) is 11.1 Å². The predicted octanol–water partition coefficient (Wildman–Crippen LogP) is 2.39. The third-order valence-corrected chi connectivity index (χ3v) is 2.14. The van der Waals surface area contributed by atoms with Crippen LogP contribution in [0.2, 0.25) is 0 Å². The van der Waals surface area contributed by atoms with E-state index >= 15 is 0 Å². The summed E-state index contributed by atoms with van der Waals surface area (Å²) in [6.45, 7) is 4.58. The second kappa shape index (κ2) is 4.58. The van der Waals surface area contributed by atoms with Gasteiger partial charge in [-0.2, -0.15) is 0 Å². The molecule has 0 fully saturated rings. The van der Waals surface area contributed by atoms with Crippen LogP contribution in [0.3, 0.4) is 0 Å². The fraction of sp³-hybridized carbons (Fsp3) is 0.364. The monoisotopic (exact) mass is 175 g/mol. The summed E-state index contributed by atoms with van der Waals surface area (Å²) in [6.07, 6.45) is 2.57. The van der Waals surface area contributed by atoms with E-state index in [9.17, 15) is 4.79 Å². The van der Waals surface area contributed by atoms with Gasteiger partial charge in [0.2, 0.25) is 6.08 Å². The lowest BCUT2D eigenvalue weighted by Gasteiger charge is -2.04. The smallest absolute Gasteiger partial charge is 0.211 e. The minimum absolute atomic E-state index is 0.448. The maximum Gasteiger partial charge on any atom is 0.235 e. The third-order valence-electron chi connectivity index (χ3n) is 2.14. The van der Waals surface area contributed by atoms with Crippen LogP contribution in [0, 0.1) is 6.92 Å². The van der Waals surface area contributed by atoms with Gasteiger partial charge in [-0.05, 0) is 30.0 Å². The Morgan fingerprint density at radius 2 is 2.23 bits per heavy atom. The number of hydrogen-bond donors (Lipinski definition) is 0. The van der Waals surface area contributed by atoms with Crippen LogP contribution in [-0.4, -0.2) is 6.08 Å². The van der Waals surface area contributed by atoms with Crippen molar-refractivity contribution in [2.45, 2.75) is 26.8 Å². The molecule has 13 heavy (non-hydrogen) atoms. The molecule has 1 rings (SSSR count). The van der Waals surface area contributed by atoms with E-state index < -0.39 is 0 Å². The van der Waals surface area contributed by atoms with Gasteiger partial charge in [0.1, 0.15) is 0 Å². The molecule has 0 radical (unpaired) electrons. The molecule has 1 aromatic rings. The number of hydrogen-bond acceptors (Lipinski definition) is 2. The zero-order chi connectivity index (χ0) is 9.68. The van der Waals surface area contributed by atoms with E-state index in [-0.39, 0.29) is 0 Å². The van der Waals surface area contributed by atoms with Crippen LogP contribution in [-0.2, 0) is 17.8 Å². The van der Waals surface area contributed by atoms with Crippen molar-refractivity contribution in [3.63, 3.8) is 0 Å². The molecule has 0 aromatic heterocycles. The zero-order valence-electron chi connectivity index (χ0n) is 8.00. The zero-order valence-corrected chi connectivity index (χ0v) is 8.00. The van der Waals surface area contributed by atoms with Crippen LogP contribution in [0.25, 0.3) is 0 Å². The van der Waals surface area contributed by atoms with Gasteiger partial charge in [0.05, 0.1) is 6.54 Å². The second-order valence-corrected chi connectivity index (χ2v) is 3.02. The van der Waals surface area contributed by atoms with Crippen LogP contribution in [0.5, 0.6) is 0 Å². The molecule has 0 atom stereocenters. The number of nitrogens with zero attached hydrogens (tertiary/aromatic N) is 1. The molecule has 0 saturated heterocycles. The van der Waals surface area contributed by atoms with E-state index in [1.54, 1.807) is 6.08 Å². The van der Waals surface area contributed by atoms with Crippen LogP contribution >= 0.6 is 0 Å². The van der Waals surface area contributed by atoms with Gasteiger partial charge in [0.25, 0.3) is 0 Å². The van der Waals surface area contributed by atoms with Crippen LogP contribution in [0.1, 0.15) is 23.6 Å². The van der Waals surface area contributed by atoms with Gasteiger partial charge in [-0.15, -0.1) is 0 Å². The lowest BCUT2D eigenvalue weighted by Crippen LogP contribution is -1.90. The molecule has 0 saturated carbocycles. The maximum absolute atomic E-state index is 9.95. The van der Waals surface area contributed by atoms with Gasteiger partial charge in [0.15, 0.2) is 0 Å². The summed E-state index contributed by atoms with van der Waals surface area (Å²) < 4.78 is 0. The van der Waals surface area contributed by atoms with E-state index in [1.807, 2.05) is 6.92 Å². The summed E-state index contributed by atoms with van der Waals surface area (Å²) in [4.78, 5) is 13.5. The Morgan fingerprint density at radius 1 is 1.46 bits per heavy atom. The van der Waals surface area contributed by atoms with Gasteiger partial charge < -0.3 is 0 Å². The van der Waals surface area contributed by atoms with E-state index in [0.717, 1.165) is 12.0 Å². The molecule has 0 heterocycles. The fourth-order valence-corrected chi connectivity index (χ4v) is 1.23. The van der Waals surface area contributed by atoms with Crippen LogP contribution < -0.4 is 0 Å². The lowest BCUT2D eigenvalue weighted by molar-refractivity contribution is 0.562. The second-order valence-electron chi connectivity index (χ2n) is 3.02. The van der Waals surface area contributed by atoms with Gasteiger partial charge in [-0.3, -0.25) is 0 Å². The molecule has 0 aliphatic heterocycles. The molecule has 1 aromatic carbocycles. The summed E-state index contributed by atoms with van der Waals surface area (Å²) in [5.74, 6) is 0. The Morgan fingerprint density at radius 3 is 2.85 bits per heavy atom. The minimum Gasteiger partial charge on any atom is -0.211 e. The molecule has 2 heteroatoms. The number of carbonyl (C=O) groups excluding carboxylic acids is 1. The molecule has 0 bridgehead atoms. The average molecular weight is 175 g/mol. The summed E-state index contributed by atoms with van der Waals surface area (Å²) in [5.41, 5.74) is 3.57. The highest BCUT2D eigenvalue weighted by Gasteiger charge is 1.98. The molecule has 0 aliphatic rings. The highest BCUT2D eigenvalue weighted by molar-refractivity contribution is 5.36. The molecule has 0 N–H and O–H groups in total. The summed E-state index contributed by atoms with van der Waals surface area (Å²) >= 11 is 0. The number of aryl methyl sites for hydroxylation is 2. The topological polar surface area (TPSA) is 29.4 Å². The van der Waals surface area contributed by atoms with Gasteiger partial charge in [0, 0.05) is 0 Å². The Balaban J connectivity index is 2.96. The third kappa shape index (κ3) is 2.53. The highest BCUT2D eigenvalue weighted by Crippen LogP contribution is 2.12. The SMILES string of the molecule is CCc1ccc(C)c(CN=C=O)c1. The summed E-state index contributed by atoms with van der Waals surface area (Å²) in [5, 5.41) is 0. The minimum atomic E-state index is 0.448. The molecular weight excluding hydrogens is 162 g/mol. The fourth-order valence-electron chi connectivity index (χ4n) is 1.23. The molecule has 0 amide bonds. The van der Waals surface area contributed by atoms with Crippen molar-refractivity contribution >= 4 is 6.08 Å². The predicted molar refractivity (Wildman–Crippen MR) is 52.4 cm³/mol. The molecular formula is C11H13NO. The van der Waals surface area contributed by atoms with Gasteiger partial charge >= 0.3 is 0 Å². The Kier molecular flexibility index (Phi) is 3.41. The van der Waals surface area contributed by atoms with E-state index in [0.29, 0.717) is 6.54 Å². The Labute approximate surface area is 78.3 Å². The quantitative estimate of drug-likeness (QED) is 0.512. The summed E-state index contributed by atoms with van der Waals surface area (Å²) in [7, 11) is 0. The molecule has 0 unspecified atom stereocenters. The first-order chi connectivity index (χ1) is 6.27. The molecule has 68 valence electrons. The van der Waals surface area contributed by atoms with Crippen molar-refractivity contribution in [2.75, 3.05) is 0 Å². The van der Waals surface area contributed by atoms with Crippen molar-refractivity contribution in [1.29, 1.82) is 0 Å². The normalized spacial score (nSPS) is 9.38. The molecule has 2 nitrogen and oxygen atoms in total. The van der Waals surface area contributed by atoms with Crippen LogP contribution in [0.15, 0.2) is 23.2 Å². The first-order valence-electron chi connectivity index (χ1n) is 4.40. The lowest BCUT2D eigenvalue weighted by atomic mass is 10.0. The van der Waals surface area contributed by atoms with Crippen molar-refractivity contribution in [3.8, 4) is 0 Å². The number of isocyanates is 1. The van der Waals surface area contributed by atoms with Gasteiger partial charge in [-0.25, -0.2) is 9.79 Å². The maximum atomic E-state index is 9.95. The van der Waals surface area contributed by atoms with E-state index in [4.69, 9.17) is 0 Å². The number of benzene rings is 1. The summed E-state index contributed by atoms with van der Waals surface area (Å²) in [6, 6.07) is 6.26. The first-order valence-corrected chi connectivity index (χ1v) is 4.40. The first kappa shape index (κ1) is 9.69. The number of rotatable bonds is 3. The van der Waals surface area contributed by atoms with Crippen LogP contribution in [0.4, 0.5) is 0 Å². The average Bonchev–Trinajstić information content (AvgIpc) is 2.17. The van der Waals surface area contributed by atoms with Crippen molar-refractivity contribution < 1.29 is 4.79 Å². The largest absolute Gasteiger partial charge is 0.235 e. The Bertz CT molecular complexity index is 338. The Hall–Kier alpha value is -1.40. The standard InChI is InChI=1S/C11H13NO/c1-3-10-5-4-9(2)11(6-10)7-12-8-13/h4-6H,3,7H2,1-2H3. The van der Waals surface area contributed by atoms with Gasteiger partial charge in [-0.1, -0.05) is 25.1 Å².